The number of ketones is 1. The molecule has 180 valence electrons. The van der Waals surface area contributed by atoms with Gasteiger partial charge in [-0.05, 0) is 69.6 Å². The number of hydrogen-bond acceptors (Lipinski definition) is 5. The Morgan fingerprint density at radius 3 is 2.38 bits per heavy atom. The fraction of sp³-hybridized carbons (Fsp3) is 0.407. The number of hydrogen-bond donors (Lipinski definition) is 1. The number of allylic oxidation sites excluding steroid dienone is 2. The first-order chi connectivity index (χ1) is 16.3. The van der Waals surface area contributed by atoms with Crippen molar-refractivity contribution in [3.63, 3.8) is 0 Å². The molecule has 2 atom stereocenters. The lowest BCUT2D eigenvalue weighted by atomic mass is 9.73. The van der Waals surface area contributed by atoms with Crippen LogP contribution in [0.4, 0.5) is 0 Å². The van der Waals surface area contributed by atoms with Gasteiger partial charge in [-0.2, -0.15) is 0 Å². The third-order valence-electron chi connectivity index (χ3n) is 6.33. The van der Waals surface area contributed by atoms with Crippen molar-refractivity contribution in [1.82, 2.24) is 5.32 Å². The van der Waals surface area contributed by atoms with E-state index in [2.05, 4.69) is 35.1 Å². The summed E-state index contributed by atoms with van der Waals surface area (Å²) >= 11 is 3.53. The van der Waals surface area contributed by atoms with Crippen molar-refractivity contribution >= 4 is 27.6 Å². The summed E-state index contributed by atoms with van der Waals surface area (Å²) in [5, 5.41) is 2.99. The highest BCUT2D eigenvalue weighted by molar-refractivity contribution is 9.10. The lowest BCUT2D eigenvalue weighted by Crippen LogP contribution is -2.38. The molecule has 2 aromatic rings. The first-order valence-electron chi connectivity index (χ1n) is 11.5. The Morgan fingerprint density at radius 1 is 1.00 bits per heavy atom. The van der Waals surface area contributed by atoms with Crippen molar-refractivity contribution in [2.45, 2.75) is 44.9 Å². The van der Waals surface area contributed by atoms with Crippen molar-refractivity contribution in [2.24, 2.45) is 5.92 Å². The third kappa shape index (κ3) is 4.99. The Bertz CT molecular complexity index is 1120. The largest absolute Gasteiger partial charge is 0.493 e. The predicted molar refractivity (Wildman–Crippen MR) is 134 cm³/mol. The molecule has 1 heterocycles. The fourth-order valence-corrected chi connectivity index (χ4v) is 5.34. The number of amides is 1. The van der Waals surface area contributed by atoms with Gasteiger partial charge >= 0.3 is 0 Å². The van der Waals surface area contributed by atoms with Crippen LogP contribution >= 0.6 is 15.9 Å². The molecule has 0 saturated carbocycles. The van der Waals surface area contributed by atoms with Crippen LogP contribution in [0.2, 0.25) is 0 Å². The average molecular weight is 528 g/mol. The smallest absolute Gasteiger partial charge is 0.225 e. The van der Waals surface area contributed by atoms with Crippen molar-refractivity contribution in [3.8, 4) is 17.2 Å². The van der Waals surface area contributed by atoms with Crippen LogP contribution < -0.4 is 19.5 Å². The van der Waals surface area contributed by atoms with E-state index in [0.29, 0.717) is 42.4 Å². The molecule has 2 aliphatic rings. The quantitative estimate of drug-likeness (QED) is 0.514. The summed E-state index contributed by atoms with van der Waals surface area (Å²) in [6.07, 6.45) is 1.24. The summed E-state index contributed by atoms with van der Waals surface area (Å²) < 4.78 is 17.4. The van der Waals surface area contributed by atoms with Crippen molar-refractivity contribution in [2.75, 3.05) is 20.8 Å². The second kappa shape index (κ2) is 10.2. The standard InChI is InChI=1S/C27H30BrNO5/c1-15(2)14-34-19-7-5-16(6-8-19)17-10-22-26(23(30)11-17)20(13-25(31)29-22)18-9-21(28)27(33-4)24(12-18)32-3/h5-9,12,15,17,20H,10-11,13-14H2,1-4H3,(H,29,31). The van der Waals surface area contributed by atoms with Crippen molar-refractivity contribution in [3.05, 3.63) is 63.3 Å². The van der Waals surface area contributed by atoms with Crippen LogP contribution in [0, 0.1) is 5.92 Å². The molecule has 0 spiro atoms. The maximum absolute atomic E-state index is 13.4. The van der Waals surface area contributed by atoms with Gasteiger partial charge in [0, 0.05) is 30.0 Å². The highest BCUT2D eigenvalue weighted by Gasteiger charge is 2.38. The summed E-state index contributed by atoms with van der Waals surface area (Å²) in [4.78, 5) is 26.1. The molecule has 1 aliphatic heterocycles. The summed E-state index contributed by atoms with van der Waals surface area (Å²) in [5.74, 6) is 2.10. The van der Waals surface area contributed by atoms with Crippen LogP contribution in [0.1, 0.15) is 56.1 Å². The van der Waals surface area contributed by atoms with E-state index < -0.39 is 0 Å². The van der Waals surface area contributed by atoms with Crippen molar-refractivity contribution < 1.29 is 23.8 Å². The van der Waals surface area contributed by atoms with Crippen LogP contribution in [0.15, 0.2) is 52.1 Å². The number of carbonyl (C=O) groups excluding carboxylic acids is 2. The lowest BCUT2D eigenvalue weighted by Gasteiger charge is -2.34. The molecule has 2 unspecified atom stereocenters. The molecule has 0 aromatic heterocycles. The van der Waals surface area contributed by atoms with Gasteiger partial charge in [-0.3, -0.25) is 9.59 Å². The number of halogens is 1. The first-order valence-corrected chi connectivity index (χ1v) is 12.3. The Balaban J connectivity index is 1.62. The molecule has 0 radical (unpaired) electrons. The lowest BCUT2D eigenvalue weighted by molar-refractivity contribution is -0.122. The van der Waals surface area contributed by atoms with E-state index in [-0.39, 0.29) is 29.9 Å². The number of rotatable bonds is 7. The van der Waals surface area contributed by atoms with Gasteiger partial charge < -0.3 is 19.5 Å². The number of methoxy groups -OCH3 is 2. The van der Waals surface area contributed by atoms with Crippen LogP contribution in [0.25, 0.3) is 0 Å². The molecule has 1 aliphatic carbocycles. The Kier molecular flexibility index (Phi) is 7.31. The zero-order valence-corrected chi connectivity index (χ0v) is 21.5. The minimum Gasteiger partial charge on any atom is -0.493 e. The molecule has 1 amide bonds. The minimum absolute atomic E-state index is 0.0154. The molecule has 34 heavy (non-hydrogen) atoms. The zero-order chi connectivity index (χ0) is 24.4. The molecule has 1 N–H and O–H groups in total. The molecule has 0 fully saturated rings. The normalized spacial score (nSPS) is 20.2. The van der Waals surface area contributed by atoms with E-state index in [0.717, 1.165) is 27.0 Å². The van der Waals surface area contributed by atoms with Crippen LogP contribution in [-0.2, 0) is 9.59 Å². The minimum atomic E-state index is -0.319. The Hall–Kier alpha value is -2.80. The van der Waals surface area contributed by atoms with Gasteiger partial charge in [0.05, 0.1) is 25.3 Å². The maximum atomic E-state index is 13.4. The number of nitrogens with one attached hydrogen (secondary N) is 1. The highest BCUT2D eigenvalue weighted by atomic mass is 79.9. The van der Waals surface area contributed by atoms with Crippen molar-refractivity contribution in [1.29, 1.82) is 0 Å². The van der Waals surface area contributed by atoms with Crippen LogP contribution in [-0.4, -0.2) is 32.5 Å². The number of ether oxygens (including phenoxy) is 3. The van der Waals surface area contributed by atoms with Gasteiger partial charge in [-0.15, -0.1) is 0 Å². The van der Waals surface area contributed by atoms with E-state index in [1.807, 2.05) is 36.4 Å². The molecule has 0 saturated heterocycles. The zero-order valence-electron chi connectivity index (χ0n) is 19.9. The second-order valence-corrected chi connectivity index (χ2v) is 10.1. The van der Waals surface area contributed by atoms with E-state index in [1.54, 1.807) is 14.2 Å². The first kappa shape index (κ1) is 24.3. The maximum Gasteiger partial charge on any atom is 0.225 e. The van der Waals surface area contributed by atoms with Gasteiger partial charge in [-0.25, -0.2) is 0 Å². The second-order valence-electron chi connectivity index (χ2n) is 9.24. The van der Waals surface area contributed by atoms with E-state index >= 15 is 0 Å². The van der Waals surface area contributed by atoms with E-state index in [9.17, 15) is 9.59 Å². The summed E-state index contributed by atoms with van der Waals surface area (Å²) in [6, 6.07) is 11.7. The molecule has 6 nitrogen and oxygen atoms in total. The van der Waals surface area contributed by atoms with Gasteiger partial charge in [0.15, 0.2) is 17.3 Å². The molecule has 4 rings (SSSR count). The van der Waals surface area contributed by atoms with Crippen LogP contribution in [0.5, 0.6) is 17.2 Å². The fourth-order valence-electron chi connectivity index (χ4n) is 4.72. The topological polar surface area (TPSA) is 73.9 Å². The molecule has 2 aromatic carbocycles. The summed E-state index contributed by atoms with van der Waals surface area (Å²) in [6.45, 7) is 4.89. The monoisotopic (exact) mass is 527 g/mol. The average Bonchev–Trinajstić information content (AvgIpc) is 2.81. The van der Waals surface area contributed by atoms with Gasteiger partial charge in [0.1, 0.15) is 5.75 Å². The summed E-state index contributed by atoms with van der Waals surface area (Å²) in [7, 11) is 3.15. The van der Waals surface area contributed by atoms with Gasteiger partial charge in [0.2, 0.25) is 5.91 Å². The predicted octanol–water partition coefficient (Wildman–Crippen LogP) is 5.51. The van der Waals surface area contributed by atoms with Gasteiger partial charge in [-0.1, -0.05) is 26.0 Å². The number of benzene rings is 2. The van der Waals surface area contributed by atoms with Crippen LogP contribution in [0.3, 0.4) is 0 Å². The number of Topliss-reactive ketones (excluding diaryl/α,β-unsaturated/α-hetero) is 1. The summed E-state index contributed by atoms with van der Waals surface area (Å²) in [5.41, 5.74) is 3.35. The SMILES string of the molecule is COc1cc(C2CC(=O)NC3=C2C(=O)CC(c2ccc(OCC(C)C)cc2)C3)cc(Br)c1OC. The highest BCUT2D eigenvalue weighted by Crippen LogP contribution is 2.46. The van der Waals surface area contributed by atoms with E-state index in [4.69, 9.17) is 14.2 Å². The number of carbonyl (C=O) groups is 2. The third-order valence-corrected chi connectivity index (χ3v) is 6.92. The molecule has 0 bridgehead atoms. The Morgan fingerprint density at radius 2 is 1.74 bits per heavy atom. The van der Waals surface area contributed by atoms with Gasteiger partial charge in [0.25, 0.3) is 0 Å². The molecular formula is C27H30BrNO5. The molecular weight excluding hydrogens is 498 g/mol. The molecule has 7 heteroatoms. The Labute approximate surface area is 208 Å². The van der Waals surface area contributed by atoms with E-state index in [1.165, 1.54) is 0 Å².